The molecule has 0 aliphatic rings. The zero-order chi connectivity index (χ0) is 21.7. The van der Waals surface area contributed by atoms with Crippen LogP contribution in [0.1, 0.15) is 41.4 Å². The van der Waals surface area contributed by atoms with Crippen LogP contribution >= 0.6 is 0 Å². The van der Waals surface area contributed by atoms with E-state index in [0.29, 0.717) is 22.6 Å². The Morgan fingerprint density at radius 3 is 2.63 bits per heavy atom. The second kappa shape index (κ2) is 9.45. The highest BCUT2D eigenvalue weighted by atomic mass is 16.5. The number of carboxylic acid groups (broad SMARTS) is 1. The lowest BCUT2D eigenvalue weighted by Gasteiger charge is -2.14. The molecule has 7 nitrogen and oxygen atoms in total. The summed E-state index contributed by atoms with van der Waals surface area (Å²) in [5.74, 6) is -0.762. The standard InChI is InChI=1S/C23H25NO6/c1-14(2)16-6-4-5-15(9-16)12-29-13-19(23(26)27)24-22(25)21-11-17-10-18(28-3)7-8-20(17)30-21/h4-11,14,19H,12-13H2,1-3H3,(H,24,25)(H,26,27). The van der Waals surface area contributed by atoms with Crippen LogP contribution in [0.15, 0.2) is 52.9 Å². The van der Waals surface area contributed by atoms with E-state index in [4.69, 9.17) is 13.9 Å². The van der Waals surface area contributed by atoms with Crippen molar-refractivity contribution in [2.24, 2.45) is 0 Å². The van der Waals surface area contributed by atoms with E-state index in [1.165, 1.54) is 5.56 Å². The largest absolute Gasteiger partial charge is 0.497 e. The molecule has 0 fully saturated rings. The summed E-state index contributed by atoms with van der Waals surface area (Å²) >= 11 is 0. The third-order valence-electron chi connectivity index (χ3n) is 4.72. The van der Waals surface area contributed by atoms with Crippen LogP contribution < -0.4 is 10.1 Å². The topological polar surface area (TPSA) is 98.0 Å². The summed E-state index contributed by atoms with van der Waals surface area (Å²) in [4.78, 5) is 24.0. The molecule has 30 heavy (non-hydrogen) atoms. The van der Waals surface area contributed by atoms with Crippen molar-refractivity contribution in [1.82, 2.24) is 5.32 Å². The van der Waals surface area contributed by atoms with Crippen LogP contribution in [0.2, 0.25) is 0 Å². The van der Waals surface area contributed by atoms with Crippen LogP contribution in [0.5, 0.6) is 5.75 Å². The van der Waals surface area contributed by atoms with E-state index in [0.717, 1.165) is 5.56 Å². The monoisotopic (exact) mass is 411 g/mol. The van der Waals surface area contributed by atoms with Crippen LogP contribution in [0.3, 0.4) is 0 Å². The molecule has 0 radical (unpaired) electrons. The number of benzene rings is 2. The number of furan rings is 1. The van der Waals surface area contributed by atoms with Gasteiger partial charge in [-0.2, -0.15) is 0 Å². The number of rotatable bonds is 9. The summed E-state index contributed by atoms with van der Waals surface area (Å²) in [6.45, 7) is 4.29. The van der Waals surface area contributed by atoms with Gasteiger partial charge >= 0.3 is 5.97 Å². The first-order valence-electron chi connectivity index (χ1n) is 9.65. The first-order valence-corrected chi connectivity index (χ1v) is 9.65. The molecular weight excluding hydrogens is 386 g/mol. The molecule has 0 aliphatic heterocycles. The fraction of sp³-hybridized carbons (Fsp3) is 0.304. The van der Waals surface area contributed by atoms with Crippen molar-refractivity contribution < 1.29 is 28.6 Å². The summed E-state index contributed by atoms with van der Waals surface area (Å²) in [5.41, 5.74) is 2.64. The minimum absolute atomic E-state index is 0.0223. The van der Waals surface area contributed by atoms with Crippen LogP contribution in [0, 0.1) is 0 Å². The van der Waals surface area contributed by atoms with E-state index < -0.39 is 17.9 Å². The number of aliphatic carboxylic acids is 1. The lowest BCUT2D eigenvalue weighted by atomic mass is 10.0. The number of methoxy groups -OCH3 is 1. The summed E-state index contributed by atoms with van der Waals surface area (Å²) in [7, 11) is 1.55. The number of fused-ring (bicyclic) bond motifs is 1. The second-order valence-corrected chi connectivity index (χ2v) is 7.29. The average molecular weight is 411 g/mol. The Balaban J connectivity index is 1.62. The van der Waals surface area contributed by atoms with Gasteiger partial charge in [0.05, 0.1) is 20.3 Å². The maximum Gasteiger partial charge on any atom is 0.328 e. The van der Waals surface area contributed by atoms with Gasteiger partial charge in [0, 0.05) is 5.39 Å². The first-order chi connectivity index (χ1) is 14.4. The number of hydrogen-bond donors (Lipinski definition) is 2. The van der Waals surface area contributed by atoms with Crippen molar-refractivity contribution >= 4 is 22.8 Å². The molecule has 3 rings (SSSR count). The Morgan fingerprint density at radius 1 is 1.13 bits per heavy atom. The summed E-state index contributed by atoms with van der Waals surface area (Å²) < 4.78 is 16.2. The molecule has 1 unspecified atom stereocenters. The zero-order valence-corrected chi connectivity index (χ0v) is 17.2. The second-order valence-electron chi connectivity index (χ2n) is 7.29. The Labute approximate surface area is 174 Å². The quantitative estimate of drug-likeness (QED) is 0.553. The van der Waals surface area contributed by atoms with Gasteiger partial charge in [-0.1, -0.05) is 38.1 Å². The molecule has 0 aliphatic carbocycles. The molecule has 0 saturated heterocycles. The lowest BCUT2D eigenvalue weighted by Crippen LogP contribution is -2.43. The van der Waals surface area contributed by atoms with E-state index in [-0.39, 0.29) is 19.0 Å². The summed E-state index contributed by atoms with van der Waals surface area (Å²) in [6.07, 6.45) is 0. The van der Waals surface area contributed by atoms with Crippen molar-refractivity contribution in [2.45, 2.75) is 32.4 Å². The molecule has 1 aromatic heterocycles. The van der Waals surface area contributed by atoms with Gasteiger partial charge in [0.15, 0.2) is 11.8 Å². The predicted octanol–water partition coefficient (Wildman–Crippen LogP) is 3.96. The van der Waals surface area contributed by atoms with Crippen molar-refractivity contribution in [3.8, 4) is 5.75 Å². The van der Waals surface area contributed by atoms with Crippen LogP contribution in [-0.2, 0) is 16.1 Å². The number of ether oxygens (including phenoxy) is 2. The minimum atomic E-state index is -1.20. The summed E-state index contributed by atoms with van der Waals surface area (Å²) in [5, 5.41) is 12.6. The van der Waals surface area contributed by atoms with Gasteiger partial charge in [0.1, 0.15) is 11.3 Å². The molecule has 158 valence electrons. The fourth-order valence-corrected chi connectivity index (χ4v) is 3.00. The molecule has 1 amide bonds. The van der Waals surface area contributed by atoms with E-state index in [2.05, 4.69) is 19.2 Å². The molecule has 0 saturated carbocycles. The number of carbonyl (C=O) groups excluding carboxylic acids is 1. The highest BCUT2D eigenvalue weighted by Crippen LogP contribution is 2.24. The van der Waals surface area contributed by atoms with Crippen LogP contribution in [-0.4, -0.2) is 36.7 Å². The maximum atomic E-state index is 12.5. The molecule has 1 heterocycles. The first kappa shape index (κ1) is 21.4. The molecular formula is C23H25NO6. The molecule has 2 N–H and O–H groups in total. The van der Waals surface area contributed by atoms with Gasteiger partial charge in [-0.15, -0.1) is 0 Å². The van der Waals surface area contributed by atoms with E-state index in [1.54, 1.807) is 31.4 Å². The highest BCUT2D eigenvalue weighted by Gasteiger charge is 2.23. The zero-order valence-electron chi connectivity index (χ0n) is 17.2. The number of amides is 1. The molecule has 0 spiro atoms. The van der Waals surface area contributed by atoms with Crippen LogP contribution in [0.25, 0.3) is 11.0 Å². The molecule has 2 aromatic carbocycles. The number of carbonyl (C=O) groups is 2. The average Bonchev–Trinajstić information content (AvgIpc) is 3.16. The normalized spacial score (nSPS) is 12.1. The van der Waals surface area contributed by atoms with Gasteiger partial charge < -0.3 is 24.3 Å². The van der Waals surface area contributed by atoms with Gasteiger partial charge in [-0.25, -0.2) is 4.79 Å². The van der Waals surface area contributed by atoms with Crippen molar-refractivity contribution in [2.75, 3.05) is 13.7 Å². The SMILES string of the molecule is COc1ccc2oc(C(=O)NC(COCc3cccc(C(C)C)c3)C(=O)O)cc2c1. The summed E-state index contributed by atoms with van der Waals surface area (Å²) in [6, 6.07) is 13.4. The highest BCUT2D eigenvalue weighted by molar-refractivity contribution is 5.98. The number of nitrogens with one attached hydrogen (secondary N) is 1. The third-order valence-corrected chi connectivity index (χ3v) is 4.72. The van der Waals surface area contributed by atoms with Crippen molar-refractivity contribution in [3.05, 3.63) is 65.4 Å². The van der Waals surface area contributed by atoms with E-state index in [9.17, 15) is 14.7 Å². The lowest BCUT2D eigenvalue weighted by molar-refractivity contribution is -0.141. The predicted molar refractivity (Wildman–Crippen MR) is 112 cm³/mol. The Bertz CT molecular complexity index is 1040. The van der Waals surface area contributed by atoms with Gasteiger partial charge in [0.2, 0.25) is 0 Å². The molecule has 0 bridgehead atoms. The fourth-order valence-electron chi connectivity index (χ4n) is 3.00. The van der Waals surface area contributed by atoms with Crippen LogP contribution in [0.4, 0.5) is 0 Å². The maximum absolute atomic E-state index is 12.5. The van der Waals surface area contributed by atoms with Gasteiger partial charge in [0.25, 0.3) is 5.91 Å². The van der Waals surface area contributed by atoms with Gasteiger partial charge in [-0.05, 0) is 41.3 Å². The molecule has 3 aromatic rings. The van der Waals surface area contributed by atoms with Crippen molar-refractivity contribution in [1.29, 1.82) is 0 Å². The minimum Gasteiger partial charge on any atom is -0.497 e. The molecule has 1 atom stereocenters. The Kier molecular flexibility index (Phi) is 6.74. The van der Waals surface area contributed by atoms with E-state index >= 15 is 0 Å². The number of carboxylic acids is 1. The Hall–Kier alpha value is -3.32. The third kappa shape index (κ3) is 5.18. The number of hydrogen-bond acceptors (Lipinski definition) is 5. The molecule has 7 heteroatoms. The Morgan fingerprint density at radius 2 is 1.93 bits per heavy atom. The smallest absolute Gasteiger partial charge is 0.328 e. The van der Waals surface area contributed by atoms with Crippen molar-refractivity contribution in [3.63, 3.8) is 0 Å². The van der Waals surface area contributed by atoms with E-state index in [1.807, 2.05) is 24.3 Å². The van der Waals surface area contributed by atoms with Gasteiger partial charge in [-0.3, -0.25) is 4.79 Å².